The molecule has 2 rings (SSSR count). The number of nitrogens with zero attached hydrogens (tertiary/aromatic N) is 1. The van der Waals surface area contributed by atoms with Crippen LogP contribution in [0.2, 0.25) is 0 Å². The quantitative estimate of drug-likeness (QED) is 0.685. The highest BCUT2D eigenvalue weighted by atomic mass is 15.1. The van der Waals surface area contributed by atoms with E-state index in [1.165, 1.54) is 77.5 Å². The summed E-state index contributed by atoms with van der Waals surface area (Å²) in [5.74, 6) is 0.840. The van der Waals surface area contributed by atoms with Crippen LogP contribution in [0.5, 0.6) is 0 Å². The van der Waals surface area contributed by atoms with Gasteiger partial charge < -0.3 is 10.2 Å². The van der Waals surface area contributed by atoms with E-state index in [1.54, 1.807) is 0 Å². The second-order valence-electron chi connectivity index (χ2n) is 7.56. The monoisotopic (exact) mass is 280 g/mol. The molecule has 2 saturated carbocycles. The molecule has 20 heavy (non-hydrogen) atoms. The van der Waals surface area contributed by atoms with Crippen molar-refractivity contribution in [3.63, 3.8) is 0 Å². The third-order valence-electron chi connectivity index (χ3n) is 5.53. The van der Waals surface area contributed by atoms with Crippen LogP contribution in [-0.2, 0) is 0 Å². The molecule has 118 valence electrons. The van der Waals surface area contributed by atoms with E-state index < -0.39 is 0 Å². The molecule has 0 bridgehead atoms. The van der Waals surface area contributed by atoms with Crippen molar-refractivity contribution in [2.24, 2.45) is 11.3 Å². The van der Waals surface area contributed by atoms with Gasteiger partial charge in [-0.1, -0.05) is 46.5 Å². The highest BCUT2D eigenvalue weighted by molar-refractivity contribution is 4.91. The van der Waals surface area contributed by atoms with Crippen molar-refractivity contribution in [2.45, 2.75) is 78.2 Å². The van der Waals surface area contributed by atoms with Crippen LogP contribution < -0.4 is 5.32 Å². The molecule has 0 saturated heterocycles. The fraction of sp³-hybridized carbons (Fsp3) is 1.00. The van der Waals surface area contributed by atoms with E-state index in [0.29, 0.717) is 5.41 Å². The van der Waals surface area contributed by atoms with Crippen LogP contribution in [0.15, 0.2) is 0 Å². The van der Waals surface area contributed by atoms with Gasteiger partial charge in [-0.15, -0.1) is 0 Å². The Balaban J connectivity index is 1.89. The van der Waals surface area contributed by atoms with Crippen LogP contribution in [0.4, 0.5) is 0 Å². The highest BCUT2D eigenvalue weighted by Gasteiger charge is 2.35. The maximum Gasteiger partial charge on any atom is 0.00684 e. The number of hydrogen-bond acceptors (Lipinski definition) is 2. The molecule has 2 fully saturated rings. The zero-order valence-corrected chi connectivity index (χ0v) is 14.1. The van der Waals surface area contributed by atoms with Gasteiger partial charge in [-0.2, -0.15) is 0 Å². The first kappa shape index (κ1) is 16.3. The fourth-order valence-electron chi connectivity index (χ4n) is 3.69. The summed E-state index contributed by atoms with van der Waals surface area (Å²) in [7, 11) is 0. The Morgan fingerprint density at radius 3 is 2.40 bits per heavy atom. The largest absolute Gasteiger partial charge is 0.313 e. The molecule has 0 radical (unpaired) electrons. The van der Waals surface area contributed by atoms with E-state index in [4.69, 9.17) is 0 Å². The summed E-state index contributed by atoms with van der Waals surface area (Å²) in [6.45, 7) is 12.2. The van der Waals surface area contributed by atoms with Gasteiger partial charge in [0, 0.05) is 25.7 Å². The van der Waals surface area contributed by atoms with Crippen molar-refractivity contribution >= 4 is 0 Å². The molecule has 0 aromatic heterocycles. The lowest BCUT2D eigenvalue weighted by Gasteiger charge is -2.42. The Kier molecular flexibility index (Phi) is 6.35. The van der Waals surface area contributed by atoms with Gasteiger partial charge in [-0.05, 0) is 43.6 Å². The van der Waals surface area contributed by atoms with Gasteiger partial charge in [0.05, 0.1) is 0 Å². The van der Waals surface area contributed by atoms with E-state index in [2.05, 4.69) is 31.0 Å². The Labute approximate surface area is 126 Å². The molecule has 0 aromatic rings. The lowest BCUT2D eigenvalue weighted by molar-refractivity contribution is 0.0955. The maximum absolute atomic E-state index is 3.84. The average Bonchev–Trinajstić information content (AvgIpc) is 3.29. The predicted molar refractivity (Wildman–Crippen MR) is 88.1 cm³/mol. The minimum Gasteiger partial charge on any atom is -0.313 e. The Morgan fingerprint density at radius 2 is 1.85 bits per heavy atom. The minimum atomic E-state index is 0.574. The summed E-state index contributed by atoms with van der Waals surface area (Å²) in [5, 5.41) is 3.84. The third kappa shape index (κ3) is 5.04. The topological polar surface area (TPSA) is 15.3 Å². The second kappa shape index (κ2) is 7.79. The summed E-state index contributed by atoms with van der Waals surface area (Å²) >= 11 is 0. The first-order valence-corrected chi connectivity index (χ1v) is 9.13. The molecular weight excluding hydrogens is 244 g/mol. The van der Waals surface area contributed by atoms with Crippen LogP contribution in [0.1, 0.15) is 72.1 Å². The highest BCUT2D eigenvalue weighted by Crippen LogP contribution is 2.37. The molecule has 0 heterocycles. The van der Waals surface area contributed by atoms with Gasteiger partial charge in [0.25, 0.3) is 0 Å². The molecule has 2 aliphatic rings. The Morgan fingerprint density at radius 1 is 1.15 bits per heavy atom. The van der Waals surface area contributed by atoms with E-state index in [0.717, 1.165) is 12.0 Å². The van der Waals surface area contributed by atoms with Crippen molar-refractivity contribution in [1.29, 1.82) is 0 Å². The molecule has 0 spiro atoms. The third-order valence-corrected chi connectivity index (χ3v) is 5.53. The van der Waals surface area contributed by atoms with Crippen molar-refractivity contribution in [2.75, 3.05) is 26.2 Å². The van der Waals surface area contributed by atoms with Gasteiger partial charge in [0.1, 0.15) is 0 Å². The summed E-state index contributed by atoms with van der Waals surface area (Å²) < 4.78 is 0. The standard InChI is InChI=1S/C18H36N2/c1-4-16(3)13-20(5-2)15-18(11-7-6-8-12-18)14-19-17-9-10-17/h16-17,19H,4-15H2,1-3H3. The molecule has 0 amide bonds. The molecule has 0 aliphatic heterocycles. The first-order chi connectivity index (χ1) is 9.67. The van der Waals surface area contributed by atoms with Gasteiger partial charge in [0.15, 0.2) is 0 Å². The fourth-order valence-corrected chi connectivity index (χ4v) is 3.69. The smallest absolute Gasteiger partial charge is 0.00684 e. The summed E-state index contributed by atoms with van der Waals surface area (Å²) in [6.07, 6.45) is 11.4. The van der Waals surface area contributed by atoms with Crippen molar-refractivity contribution in [1.82, 2.24) is 10.2 Å². The van der Waals surface area contributed by atoms with Crippen molar-refractivity contribution < 1.29 is 0 Å². The van der Waals surface area contributed by atoms with Crippen LogP contribution in [-0.4, -0.2) is 37.1 Å². The van der Waals surface area contributed by atoms with Gasteiger partial charge in [-0.3, -0.25) is 0 Å². The molecule has 2 heteroatoms. The number of rotatable bonds is 9. The molecule has 1 N–H and O–H groups in total. The molecule has 0 aromatic carbocycles. The van der Waals surface area contributed by atoms with Gasteiger partial charge in [-0.25, -0.2) is 0 Å². The van der Waals surface area contributed by atoms with Crippen LogP contribution in [0.25, 0.3) is 0 Å². The summed E-state index contributed by atoms with van der Waals surface area (Å²) in [5.41, 5.74) is 0.574. The molecular formula is C18H36N2. The average molecular weight is 280 g/mol. The molecule has 1 unspecified atom stereocenters. The lowest BCUT2D eigenvalue weighted by Crippen LogP contribution is -2.46. The number of nitrogens with one attached hydrogen (secondary N) is 1. The zero-order chi connectivity index (χ0) is 14.4. The number of hydrogen-bond donors (Lipinski definition) is 1. The van der Waals surface area contributed by atoms with E-state index in [-0.39, 0.29) is 0 Å². The zero-order valence-electron chi connectivity index (χ0n) is 14.1. The normalized spacial score (nSPS) is 24.0. The maximum atomic E-state index is 3.84. The van der Waals surface area contributed by atoms with Crippen LogP contribution in [0.3, 0.4) is 0 Å². The van der Waals surface area contributed by atoms with Gasteiger partial charge >= 0.3 is 0 Å². The Hall–Kier alpha value is -0.0800. The lowest BCUT2D eigenvalue weighted by atomic mass is 9.73. The van der Waals surface area contributed by atoms with E-state index >= 15 is 0 Å². The van der Waals surface area contributed by atoms with Crippen LogP contribution >= 0.6 is 0 Å². The minimum absolute atomic E-state index is 0.574. The van der Waals surface area contributed by atoms with E-state index in [9.17, 15) is 0 Å². The van der Waals surface area contributed by atoms with E-state index in [1.807, 2.05) is 0 Å². The summed E-state index contributed by atoms with van der Waals surface area (Å²) in [6, 6.07) is 0.860. The SMILES string of the molecule is CCC(C)CN(CC)CC1(CNC2CC2)CCCCC1. The molecule has 1 atom stereocenters. The molecule has 2 aliphatic carbocycles. The molecule has 2 nitrogen and oxygen atoms in total. The van der Waals surface area contributed by atoms with Crippen LogP contribution in [0, 0.1) is 11.3 Å². The second-order valence-corrected chi connectivity index (χ2v) is 7.56. The van der Waals surface area contributed by atoms with Crippen molar-refractivity contribution in [3.05, 3.63) is 0 Å². The van der Waals surface area contributed by atoms with Gasteiger partial charge in [0.2, 0.25) is 0 Å². The first-order valence-electron chi connectivity index (χ1n) is 9.13. The van der Waals surface area contributed by atoms with Crippen molar-refractivity contribution in [3.8, 4) is 0 Å². The predicted octanol–water partition coefficient (Wildman–Crippen LogP) is 4.06. The Bertz CT molecular complexity index is 267. The summed E-state index contributed by atoms with van der Waals surface area (Å²) in [4.78, 5) is 2.73.